The van der Waals surface area contributed by atoms with Crippen LogP contribution in [0, 0.1) is 0 Å². The van der Waals surface area contributed by atoms with Crippen molar-refractivity contribution in [3.63, 3.8) is 0 Å². The summed E-state index contributed by atoms with van der Waals surface area (Å²) < 4.78 is 5.39. The lowest BCUT2D eigenvalue weighted by Crippen LogP contribution is -2.36. The summed E-state index contributed by atoms with van der Waals surface area (Å²) in [6.45, 7) is 0.563. The van der Waals surface area contributed by atoms with Crippen molar-refractivity contribution < 1.29 is 9.53 Å². The highest BCUT2D eigenvalue weighted by atomic mass is 16.5. The summed E-state index contributed by atoms with van der Waals surface area (Å²) in [6, 6.07) is 17.7. The number of benzene rings is 2. The number of nitrogens with one attached hydrogen (secondary N) is 1. The largest absolute Gasteiger partial charge is 0.496 e. The molecule has 114 valence electrons. The van der Waals surface area contributed by atoms with Crippen LogP contribution in [0.1, 0.15) is 18.4 Å². The highest BCUT2D eigenvalue weighted by Gasteiger charge is 2.33. The maximum Gasteiger partial charge on any atom is 0.322 e. The number of ether oxygens (including phenoxy) is 1. The second-order valence-electron chi connectivity index (χ2n) is 5.47. The lowest BCUT2D eigenvalue weighted by atomic mass is 10.2. The Morgan fingerprint density at radius 3 is 2.50 bits per heavy atom. The lowest BCUT2D eigenvalue weighted by molar-refractivity contribution is 0.205. The summed E-state index contributed by atoms with van der Waals surface area (Å²) in [7, 11) is 1.66. The number of amides is 2. The van der Waals surface area contributed by atoms with Crippen molar-refractivity contribution in [1.82, 2.24) is 4.90 Å². The van der Waals surface area contributed by atoms with E-state index in [0.717, 1.165) is 29.8 Å². The van der Waals surface area contributed by atoms with E-state index in [1.54, 1.807) is 7.11 Å². The molecule has 0 radical (unpaired) electrons. The summed E-state index contributed by atoms with van der Waals surface area (Å²) >= 11 is 0. The molecular formula is C18H20N2O2. The molecule has 22 heavy (non-hydrogen) atoms. The first-order valence-electron chi connectivity index (χ1n) is 7.52. The summed E-state index contributed by atoms with van der Waals surface area (Å²) in [6.07, 6.45) is 2.13. The van der Waals surface area contributed by atoms with Crippen LogP contribution >= 0.6 is 0 Å². The Morgan fingerprint density at radius 2 is 1.82 bits per heavy atom. The first-order chi connectivity index (χ1) is 10.8. The Morgan fingerprint density at radius 1 is 1.14 bits per heavy atom. The van der Waals surface area contributed by atoms with Gasteiger partial charge in [-0.25, -0.2) is 4.79 Å². The van der Waals surface area contributed by atoms with Gasteiger partial charge in [-0.1, -0.05) is 36.4 Å². The number of nitrogens with zero attached hydrogens (tertiary/aromatic N) is 1. The van der Waals surface area contributed by atoms with Crippen LogP contribution in [-0.4, -0.2) is 24.1 Å². The van der Waals surface area contributed by atoms with Crippen molar-refractivity contribution in [3.05, 3.63) is 60.2 Å². The van der Waals surface area contributed by atoms with Gasteiger partial charge in [-0.05, 0) is 31.0 Å². The fraction of sp³-hybridized carbons (Fsp3) is 0.278. The van der Waals surface area contributed by atoms with E-state index in [2.05, 4.69) is 5.32 Å². The molecule has 1 N–H and O–H groups in total. The minimum Gasteiger partial charge on any atom is -0.496 e. The molecule has 0 saturated heterocycles. The van der Waals surface area contributed by atoms with Gasteiger partial charge in [-0.3, -0.25) is 0 Å². The molecule has 1 saturated carbocycles. The molecule has 3 rings (SSSR count). The van der Waals surface area contributed by atoms with E-state index < -0.39 is 0 Å². The van der Waals surface area contributed by atoms with Gasteiger partial charge in [-0.15, -0.1) is 0 Å². The Balaban J connectivity index is 1.74. The van der Waals surface area contributed by atoms with Gasteiger partial charge in [0.1, 0.15) is 5.75 Å². The molecular weight excluding hydrogens is 276 g/mol. The van der Waals surface area contributed by atoms with Crippen LogP contribution in [0.2, 0.25) is 0 Å². The molecule has 0 unspecified atom stereocenters. The molecule has 2 aromatic rings. The molecule has 0 atom stereocenters. The predicted octanol–water partition coefficient (Wildman–Crippen LogP) is 3.89. The zero-order valence-corrected chi connectivity index (χ0v) is 12.7. The number of urea groups is 1. The number of rotatable bonds is 5. The van der Waals surface area contributed by atoms with E-state index >= 15 is 0 Å². The highest BCUT2D eigenvalue weighted by Crippen LogP contribution is 2.30. The molecule has 1 aliphatic carbocycles. The molecule has 0 aromatic heterocycles. The molecule has 0 heterocycles. The smallest absolute Gasteiger partial charge is 0.322 e. The van der Waals surface area contributed by atoms with Gasteiger partial charge >= 0.3 is 6.03 Å². The zero-order chi connectivity index (χ0) is 15.4. The normalized spacial score (nSPS) is 13.5. The van der Waals surface area contributed by atoms with Gasteiger partial charge in [0.25, 0.3) is 0 Å². The van der Waals surface area contributed by atoms with Crippen LogP contribution in [0.15, 0.2) is 54.6 Å². The maximum absolute atomic E-state index is 12.6. The van der Waals surface area contributed by atoms with Crippen molar-refractivity contribution >= 4 is 11.7 Å². The number of carbonyl (C=O) groups is 1. The molecule has 2 aromatic carbocycles. The van der Waals surface area contributed by atoms with Crippen LogP contribution in [0.4, 0.5) is 10.5 Å². The number of carbonyl (C=O) groups excluding carboxylic acids is 1. The fourth-order valence-electron chi connectivity index (χ4n) is 2.49. The number of anilines is 1. The van der Waals surface area contributed by atoms with Gasteiger partial charge in [-0.2, -0.15) is 0 Å². The van der Waals surface area contributed by atoms with E-state index in [1.165, 1.54) is 0 Å². The van der Waals surface area contributed by atoms with E-state index in [1.807, 2.05) is 59.5 Å². The van der Waals surface area contributed by atoms with E-state index in [0.29, 0.717) is 12.6 Å². The third-order valence-corrected chi connectivity index (χ3v) is 3.81. The van der Waals surface area contributed by atoms with Gasteiger partial charge in [0, 0.05) is 17.3 Å². The number of hydrogen-bond acceptors (Lipinski definition) is 2. The maximum atomic E-state index is 12.6. The second kappa shape index (κ2) is 6.52. The van der Waals surface area contributed by atoms with Gasteiger partial charge in [0.2, 0.25) is 0 Å². The van der Waals surface area contributed by atoms with Gasteiger partial charge in [0.15, 0.2) is 0 Å². The fourth-order valence-corrected chi connectivity index (χ4v) is 2.49. The first kappa shape index (κ1) is 14.4. The molecule has 1 fully saturated rings. The summed E-state index contributed by atoms with van der Waals surface area (Å²) in [5.74, 6) is 0.820. The van der Waals surface area contributed by atoms with Gasteiger partial charge < -0.3 is 15.0 Å². The quantitative estimate of drug-likeness (QED) is 0.909. The van der Waals surface area contributed by atoms with Crippen molar-refractivity contribution in [2.45, 2.75) is 25.4 Å². The summed E-state index contributed by atoms with van der Waals surface area (Å²) in [4.78, 5) is 14.5. The SMILES string of the molecule is COc1ccccc1CN(C(=O)Nc1ccccc1)C1CC1. The Labute approximate surface area is 130 Å². The molecule has 4 nitrogen and oxygen atoms in total. The standard InChI is InChI=1S/C18H20N2O2/c1-22-17-10-6-5-7-14(17)13-20(16-11-12-16)18(21)19-15-8-3-2-4-9-15/h2-10,16H,11-13H2,1H3,(H,19,21). The summed E-state index contributed by atoms with van der Waals surface area (Å²) in [5.41, 5.74) is 1.85. The third-order valence-electron chi connectivity index (χ3n) is 3.81. The van der Waals surface area contributed by atoms with Crippen molar-refractivity contribution in [2.75, 3.05) is 12.4 Å². The molecule has 2 amide bonds. The topological polar surface area (TPSA) is 41.6 Å². The highest BCUT2D eigenvalue weighted by molar-refractivity contribution is 5.89. The number of methoxy groups -OCH3 is 1. The third kappa shape index (κ3) is 3.39. The van der Waals surface area contributed by atoms with Gasteiger partial charge in [0.05, 0.1) is 13.7 Å². The van der Waals surface area contributed by atoms with Crippen LogP contribution < -0.4 is 10.1 Å². The van der Waals surface area contributed by atoms with Crippen LogP contribution in [-0.2, 0) is 6.54 Å². The van der Waals surface area contributed by atoms with E-state index in [9.17, 15) is 4.79 Å². The van der Waals surface area contributed by atoms with Crippen molar-refractivity contribution in [2.24, 2.45) is 0 Å². The minimum absolute atomic E-state index is 0.0559. The number of hydrogen-bond donors (Lipinski definition) is 1. The van der Waals surface area contributed by atoms with Crippen LogP contribution in [0.25, 0.3) is 0 Å². The minimum atomic E-state index is -0.0559. The zero-order valence-electron chi connectivity index (χ0n) is 12.7. The first-order valence-corrected chi connectivity index (χ1v) is 7.52. The Bertz CT molecular complexity index is 639. The average Bonchev–Trinajstić information content (AvgIpc) is 3.38. The average molecular weight is 296 g/mol. The summed E-state index contributed by atoms with van der Waals surface area (Å²) in [5, 5.41) is 2.97. The predicted molar refractivity (Wildman–Crippen MR) is 87.0 cm³/mol. The van der Waals surface area contributed by atoms with E-state index in [4.69, 9.17) is 4.74 Å². The molecule has 0 spiro atoms. The van der Waals surface area contributed by atoms with Crippen LogP contribution in [0.5, 0.6) is 5.75 Å². The van der Waals surface area contributed by atoms with Crippen LogP contribution in [0.3, 0.4) is 0 Å². The number of para-hydroxylation sites is 2. The van der Waals surface area contributed by atoms with Crippen molar-refractivity contribution in [3.8, 4) is 5.75 Å². The monoisotopic (exact) mass is 296 g/mol. The second-order valence-corrected chi connectivity index (χ2v) is 5.47. The Kier molecular flexibility index (Phi) is 4.28. The molecule has 0 bridgehead atoms. The van der Waals surface area contributed by atoms with E-state index in [-0.39, 0.29) is 6.03 Å². The van der Waals surface area contributed by atoms with Crippen molar-refractivity contribution in [1.29, 1.82) is 0 Å². The molecule has 0 aliphatic heterocycles. The lowest BCUT2D eigenvalue weighted by Gasteiger charge is -2.24. The Hall–Kier alpha value is -2.49. The molecule has 1 aliphatic rings. The molecule has 4 heteroatoms.